The highest BCUT2D eigenvalue weighted by Gasteiger charge is 2.27. The zero-order chi connectivity index (χ0) is 57.9. The molecule has 1 amide bonds. The molecular formula is C69H123N2O7P. The largest absolute Gasteiger partial charge is 0.756 e. The standard InChI is InChI=1S/C69H123N2O7P/c1-7-10-13-16-19-22-25-27-29-31-33-34-35-36-38-39-41-43-46-49-52-55-58-61-68(72)70-66(65-77-79(74,75)76-64-63-71(4,5)6)67(60-57-54-51-48-45-24-21-18-15-12-9-3)78-69(73)62-59-56-53-50-47-44-42-40-37-32-30-28-26-23-20-17-14-11-8-2/h19-20,22-23,27-30,33-34,36-38,40,57,60,66-67H,7-18,21,24-26,31-32,35,39,41-56,58-59,61-65H2,1-6H3,(H-,70,72,74,75)/b22-19-,23-20-,29-27-,30-28-,34-33-,38-36-,40-37-,60-57-. The molecule has 0 aromatic rings. The van der Waals surface area contributed by atoms with Gasteiger partial charge in [-0.25, -0.2) is 0 Å². The van der Waals surface area contributed by atoms with Gasteiger partial charge in [-0.2, -0.15) is 0 Å². The number of phosphoric acid groups is 1. The molecule has 0 rings (SSSR count). The lowest BCUT2D eigenvalue weighted by Gasteiger charge is -2.30. The summed E-state index contributed by atoms with van der Waals surface area (Å²) in [5.41, 5.74) is 0. The van der Waals surface area contributed by atoms with Gasteiger partial charge in [0.05, 0.1) is 33.8 Å². The monoisotopic (exact) mass is 1120 g/mol. The van der Waals surface area contributed by atoms with Crippen LogP contribution in [0.15, 0.2) is 97.2 Å². The number of quaternary nitrogens is 1. The topological polar surface area (TPSA) is 114 Å². The highest BCUT2D eigenvalue weighted by Crippen LogP contribution is 2.38. The van der Waals surface area contributed by atoms with Crippen LogP contribution < -0.4 is 10.2 Å². The summed E-state index contributed by atoms with van der Waals surface area (Å²) in [4.78, 5) is 40.0. The lowest BCUT2D eigenvalue weighted by molar-refractivity contribution is -0.870. The number of ether oxygens (including phenoxy) is 1. The molecule has 456 valence electrons. The van der Waals surface area contributed by atoms with Gasteiger partial charge in [-0.3, -0.25) is 14.2 Å². The van der Waals surface area contributed by atoms with Crippen molar-refractivity contribution >= 4 is 19.7 Å². The van der Waals surface area contributed by atoms with Gasteiger partial charge in [-0.05, 0) is 115 Å². The third-order valence-electron chi connectivity index (χ3n) is 14.0. The molecule has 0 saturated carbocycles. The van der Waals surface area contributed by atoms with Crippen LogP contribution in [-0.4, -0.2) is 69.4 Å². The molecule has 3 atom stereocenters. The molecule has 0 bridgehead atoms. The van der Waals surface area contributed by atoms with Gasteiger partial charge < -0.3 is 28.5 Å². The highest BCUT2D eigenvalue weighted by atomic mass is 31.2. The lowest BCUT2D eigenvalue weighted by atomic mass is 10.1. The number of unbranched alkanes of at least 4 members (excludes halogenated alkanes) is 28. The maximum atomic E-state index is 13.6. The number of carbonyl (C=O) groups is 2. The second-order valence-corrected chi connectivity index (χ2v) is 24.3. The fraction of sp³-hybridized carbons (Fsp3) is 0.739. The van der Waals surface area contributed by atoms with Crippen molar-refractivity contribution in [1.82, 2.24) is 5.32 Å². The van der Waals surface area contributed by atoms with E-state index in [1.54, 1.807) is 0 Å². The molecule has 9 nitrogen and oxygen atoms in total. The Morgan fingerprint density at radius 3 is 1.18 bits per heavy atom. The van der Waals surface area contributed by atoms with Crippen molar-refractivity contribution in [3.63, 3.8) is 0 Å². The van der Waals surface area contributed by atoms with E-state index in [9.17, 15) is 19.0 Å². The van der Waals surface area contributed by atoms with Crippen molar-refractivity contribution in [2.45, 2.75) is 290 Å². The summed E-state index contributed by atoms with van der Waals surface area (Å²) in [5.74, 6) is -0.570. The normalized spacial score (nSPS) is 14.3. The van der Waals surface area contributed by atoms with E-state index >= 15 is 0 Å². The number of hydrogen-bond acceptors (Lipinski definition) is 7. The third kappa shape index (κ3) is 59.4. The predicted molar refractivity (Wildman–Crippen MR) is 339 cm³/mol. The molecule has 0 fully saturated rings. The smallest absolute Gasteiger partial charge is 0.306 e. The van der Waals surface area contributed by atoms with E-state index in [4.69, 9.17) is 13.8 Å². The summed E-state index contributed by atoms with van der Waals surface area (Å²) in [7, 11) is 1.16. The molecule has 0 saturated heterocycles. The summed E-state index contributed by atoms with van der Waals surface area (Å²) in [6.07, 6.45) is 78.0. The first-order valence-corrected chi connectivity index (χ1v) is 34.0. The van der Waals surface area contributed by atoms with Crippen molar-refractivity contribution in [1.29, 1.82) is 0 Å². The van der Waals surface area contributed by atoms with Gasteiger partial charge in [0.25, 0.3) is 7.82 Å². The first-order valence-electron chi connectivity index (χ1n) is 32.5. The molecule has 0 aliphatic heterocycles. The van der Waals surface area contributed by atoms with Gasteiger partial charge in [0.15, 0.2) is 0 Å². The molecule has 3 unspecified atom stereocenters. The summed E-state index contributed by atoms with van der Waals surface area (Å²) in [5, 5.41) is 3.02. The zero-order valence-electron chi connectivity index (χ0n) is 52.1. The number of hydrogen-bond donors (Lipinski definition) is 1. The first-order chi connectivity index (χ1) is 38.4. The van der Waals surface area contributed by atoms with Crippen molar-refractivity contribution < 1.29 is 37.3 Å². The molecule has 79 heavy (non-hydrogen) atoms. The van der Waals surface area contributed by atoms with E-state index in [0.717, 1.165) is 122 Å². The second-order valence-electron chi connectivity index (χ2n) is 22.9. The summed E-state index contributed by atoms with van der Waals surface area (Å²) < 4.78 is 30.3. The van der Waals surface area contributed by atoms with Crippen molar-refractivity contribution in [3.8, 4) is 0 Å². The molecule has 0 aliphatic carbocycles. The van der Waals surface area contributed by atoms with E-state index < -0.39 is 26.6 Å². The number of esters is 1. The minimum atomic E-state index is -4.71. The highest BCUT2D eigenvalue weighted by molar-refractivity contribution is 7.45. The van der Waals surface area contributed by atoms with E-state index in [1.807, 2.05) is 33.3 Å². The quantitative estimate of drug-likeness (QED) is 0.0212. The van der Waals surface area contributed by atoms with Crippen molar-refractivity contribution in [3.05, 3.63) is 97.2 Å². The second kappa shape index (κ2) is 58.1. The Morgan fingerprint density at radius 2 is 0.772 bits per heavy atom. The number of allylic oxidation sites excluding steroid dienone is 15. The van der Waals surface area contributed by atoms with Crippen LogP contribution in [0.2, 0.25) is 0 Å². The Kier molecular flexibility index (Phi) is 55.9. The van der Waals surface area contributed by atoms with Crippen molar-refractivity contribution in [2.75, 3.05) is 40.9 Å². The zero-order valence-corrected chi connectivity index (χ0v) is 52.9. The lowest BCUT2D eigenvalue weighted by Crippen LogP contribution is -2.47. The SMILES string of the molecule is CCCCC/C=C\C/C=C\C/C=C\C/C=C\CCCCCCCCCC(=O)NC(COP(=O)([O-])OCC[N+](C)(C)C)C(/C=C\CCCCCCCCCCC)OC(=O)CCCCCCCC/C=C\C/C=C\C/C=C\CCCCC. The number of amides is 1. The average molecular weight is 1120 g/mol. The molecule has 0 aliphatic rings. The van der Waals surface area contributed by atoms with Gasteiger partial charge in [0, 0.05) is 12.8 Å². The number of rotatable bonds is 58. The summed E-state index contributed by atoms with van der Waals surface area (Å²) in [6, 6.07) is -0.906. The Labute approximate surface area is 488 Å². The van der Waals surface area contributed by atoms with Gasteiger partial charge in [-0.1, -0.05) is 247 Å². The third-order valence-corrected chi connectivity index (χ3v) is 15.0. The van der Waals surface area contributed by atoms with Crippen LogP contribution in [0.25, 0.3) is 0 Å². The number of likely N-dealkylation sites (N-methyl/N-ethyl adjacent to an activating group) is 1. The van der Waals surface area contributed by atoms with Gasteiger partial charge >= 0.3 is 5.97 Å². The first kappa shape index (κ1) is 75.9. The number of phosphoric ester groups is 1. The van der Waals surface area contributed by atoms with E-state index in [1.165, 1.54) is 116 Å². The predicted octanol–water partition coefficient (Wildman–Crippen LogP) is 19.7. The Balaban J connectivity index is 5.21. The van der Waals surface area contributed by atoms with E-state index in [0.29, 0.717) is 23.9 Å². The van der Waals surface area contributed by atoms with Crippen LogP contribution >= 0.6 is 7.82 Å². The molecule has 0 radical (unpaired) electrons. The average Bonchev–Trinajstić information content (AvgIpc) is 3.41. The summed E-state index contributed by atoms with van der Waals surface area (Å²) in [6.45, 7) is 6.76. The molecule has 1 N–H and O–H groups in total. The Hall–Kier alpha value is -3.07. The fourth-order valence-corrected chi connectivity index (χ4v) is 9.65. The molecule has 10 heteroatoms. The van der Waals surface area contributed by atoms with E-state index in [-0.39, 0.29) is 24.9 Å². The molecule has 0 aromatic heterocycles. The minimum absolute atomic E-state index is 0.0314. The molecular weight excluding hydrogens is 1000 g/mol. The van der Waals surface area contributed by atoms with Gasteiger partial charge in [0.1, 0.15) is 19.3 Å². The number of carbonyl (C=O) groups excluding carboxylic acids is 2. The van der Waals surface area contributed by atoms with Crippen LogP contribution in [0.5, 0.6) is 0 Å². The maximum Gasteiger partial charge on any atom is 0.306 e. The Morgan fingerprint density at radius 1 is 0.443 bits per heavy atom. The van der Waals surface area contributed by atoms with Crippen LogP contribution in [0.4, 0.5) is 0 Å². The van der Waals surface area contributed by atoms with Gasteiger partial charge in [-0.15, -0.1) is 0 Å². The number of nitrogens with one attached hydrogen (secondary N) is 1. The van der Waals surface area contributed by atoms with Crippen LogP contribution in [0.1, 0.15) is 278 Å². The Bertz CT molecular complexity index is 1670. The minimum Gasteiger partial charge on any atom is -0.756 e. The molecule has 0 aromatic carbocycles. The maximum absolute atomic E-state index is 13.6. The van der Waals surface area contributed by atoms with E-state index in [2.05, 4.69) is 111 Å². The van der Waals surface area contributed by atoms with Gasteiger partial charge in [0.2, 0.25) is 5.91 Å². The van der Waals surface area contributed by atoms with Crippen LogP contribution in [-0.2, 0) is 27.9 Å². The van der Waals surface area contributed by atoms with Crippen molar-refractivity contribution in [2.24, 2.45) is 0 Å². The number of nitrogens with zero attached hydrogens (tertiary/aromatic N) is 1. The van der Waals surface area contributed by atoms with Crippen LogP contribution in [0.3, 0.4) is 0 Å². The molecule has 0 spiro atoms. The molecule has 0 heterocycles. The summed E-state index contributed by atoms with van der Waals surface area (Å²) >= 11 is 0. The van der Waals surface area contributed by atoms with Crippen LogP contribution in [0, 0.1) is 0 Å². The fourth-order valence-electron chi connectivity index (χ4n) is 8.92.